The quantitative estimate of drug-likeness (QED) is 0.824. The van der Waals surface area contributed by atoms with E-state index in [0.717, 1.165) is 31.1 Å². The number of likely N-dealkylation sites (N-methyl/N-ethyl adjacent to an activating group) is 1. The van der Waals surface area contributed by atoms with Gasteiger partial charge in [-0.05, 0) is 43.4 Å². The zero-order valence-electron chi connectivity index (χ0n) is 15.6. The molecule has 3 atom stereocenters. The molecule has 24 heavy (non-hydrogen) atoms. The normalized spacial score (nSPS) is 35.3. The highest BCUT2D eigenvalue weighted by atomic mass is 16.2. The van der Waals surface area contributed by atoms with E-state index in [2.05, 4.69) is 6.92 Å². The van der Waals surface area contributed by atoms with Crippen molar-refractivity contribution in [2.45, 2.75) is 89.5 Å². The Morgan fingerprint density at radius 1 is 1.12 bits per heavy atom. The highest BCUT2D eigenvalue weighted by molar-refractivity contribution is 6.06. The molecule has 0 aromatic rings. The molecule has 1 amide bonds. The molecule has 0 aromatic heterocycles. The molecule has 0 unspecified atom stereocenters. The zero-order chi connectivity index (χ0) is 17.2. The van der Waals surface area contributed by atoms with Gasteiger partial charge in [0.05, 0.1) is 0 Å². The molecule has 1 aliphatic heterocycles. The third-order valence-electron chi connectivity index (χ3n) is 6.74. The molecule has 3 rings (SSSR count). The zero-order valence-corrected chi connectivity index (χ0v) is 15.6. The summed E-state index contributed by atoms with van der Waals surface area (Å²) in [6.07, 6.45) is 14.8. The first kappa shape index (κ1) is 17.8. The van der Waals surface area contributed by atoms with Crippen LogP contribution >= 0.6 is 0 Å². The van der Waals surface area contributed by atoms with Crippen molar-refractivity contribution in [1.29, 1.82) is 0 Å². The Labute approximate surface area is 147 Å². The standard InChI is InChI=1S/C20H35N3O/c1-15-7-6-10-17(13-15)14-20(18(24)23(2)19(21)22-20)12-11-16-8-4-3-5-9-16/h15-17H,3-14H2,1-2H3,(H2,21,22)/t15-,17+,20-/m1/s1. The molecule has 2 aliphatic carbocycles. The van der Waals surface area contributed by atoms with E-state index in [-0.39, 0.29) is 5.91 Å². The monoisotopic (exact) mass is 333 g/mol. The van der Waals surface area contributed by atoms with Gasteiger partial charge in [-0.1, -0.05) is 58.3 Å². The molecule has 1 heterocycles. The van der Waals surface area contributed by atoms with E-state index in [1.165, 1.54) is 57.8 Å². The van der Waals surface area contributed by atoms with E-state index in [1.807, 2.05) is 0 Å². The summed E-state index contributed by atoms with van der Waals surface area (Å²) < 4.78 is 0. The van der Waals surface area contributed by atoms with Crippen molar-refractivity contribution in [1.82, 2.24) is 4.90 Å². The molecule has 136 valence electrons. The molecule has 0 radical (unpaired) electrons. The molecule has 4 nitrogen and oxygen atoms in total. The Morgan fingerprint density at radius 3 is 2.46 bits per heavy atom. The number of carbonyl (C=O) groups excluding carboxylic acids is 1. The Bertz CT molecular complexity index is 483. The minimum absolute atomic E-state index is 0.147. The maximum atomic E-state index is 13.0. The van der Waals surface area contributed by atoms with Crippen LogP contribution in [-0.4, -0.2) is 29.4 Å². The molecular weight excluding hydrogens is 298 g/mol. The van der Waals surface area contributed by atoms with E-state index in [0.29, 0.717) is 11.9 Å². The maximum absolute atomic E-state index is 13.0. The van der Waals surface area contributed by atoms with Crippen molar-refractivity contribution >= 4 is 11.9 Å². The lowest BCUT2D eigenvalue weighted by Gasteiger charge is -2.34. The smallest absolute Gasteiger partial charge is 0.257 e. The largest absolute Gasteiger partial charge is 0.369 e. The van der Waals surface area contributed by atoms with Crippen molar-refractivity contribution < 1.29 is 4.79 Å². The van der Waals surface area contributed by atoms with E-state index >= 15 is 0 Å². The molecule has 2 N–H and O–H groups in total. The van der Waals surface area contributed by atoms with Crippen LogP contribution in [0.15, 0.2) is 4.99 Å². The van der Waals surface area contributed by atoms with E-state index < -0.39 is 5.54 Å². The Kier molecular flexibility index (Phi) is 5.51. The van der Waals surface area contributed by atoms with E-state index in [1.54, 1.807) is 11.9 Å². The van der Waals surface area contributed by atoms with Gasteiger partial charge in [-0.25, -0.2) is 4.99 Å². The van der Waals surface area contributed by atoms with Crippen LogP contribution in [-0.2, 0) is 4.79 Å². The van der Waals surface area contributed by atoms with Gasteiger partial charge in [0, 0.05) is 7.05 Å². The second kappa shape index (κ2) is 7.45. The van der Waals surface area contributed by atoms with Gasteiger partial charge in [-0.15, -0.1) is 0 Å². The molecule has 0 spiro atoms. The summed E-state index contributed by atoms with van der Waals surface area (Å²) in [7, 11) is 1.78. The first-order valence-corrected chi connectivity index (χ1v) is 10.1. The average Bonchev–Trinajstić information content (AvgIpc) is 2.78. The van der Waals surface area contributed by atoms with Crippen molar-refractivity contribution in [3.05, 3.63) is 0 Å². The molecule has 2 saturated carbocycles. The fraction of sp³-hybridized carbons (Fsp3) is 0.900. The van der Waals surface area contributed by atoms with Gasteiger partial charge < -0.3 is 5.73 Å². The van der Waals surface area contributed by atoms with Crippen LogP contribution in [0.3, 0.4) is 0 Å². The van der Waals surface area contributed by atoms with Crippen LogP contribution in [0.4, 0.5) is 0 Å². The van der Waals surface area contributed by atoms with Crippen LogP contribution in [0.2, 0.25) is 0 Å². The number of hydrogen-bond acceptors (Lipinski definition) is 3. The van der Waals surface area contributed by atoms with Gasteiger partial charge in [0.15, 0.2) is 5.96 Å². The van der Waals surface area contributed by atoms with Crippen molar-refractivity contribution in [2.75, 3.05) is 7.05 Å². The van der Waals surface area contributed by atoms with Crippen LogP contribution in [0.1, 0.15) is 84.0 Å². The number of rotatable bonds is 5. The van der Waals surface area contributed by atoms with Crippen LogP contribution < -0.4 is 5.73 Å². The fourth-order valence-corrected chi connectivity index (χ4v) is 5.30. The van der Waals surface area contributed by atoms with Crippen molar-refractivity contribution in [3.8, 4) is 0 Å². The topological polar surface area (TPSA) is 58.7 Å². The average molecular weight is 334 g/mol. The van der Waals surface area contributed by atoms with Gasteiger partial charge in [0.25, 0.3) is 5.91 Å². The number of hydrogen-bond donors (Lipinski definition) is 1. The van der Waals surface area contributed by atoms with Crippen LogP contribution in [0.25, 0.3) is 0 Å². The Balaban J connectivity index is 1.70. The summed E-state index contributed by atoms with van der Waals surface area (Å²) in [6, 6.07) is 0. The second-order valence-corrected chi connectivity index (χ2v) is 8.75. The second-order valence-electron chi connectivity index (χ2n) is 8.75. The first-order chi connectivity index (χ1) is 11.5. The third kappa shape index (κ3) is 3.78. The lowest BCUT2D eigenvalue weighted by Crippen LogP contribution is -2.44. The summed E-state index contributed by atoms with van der Waals surface area (Å²) >= 11 is 0. The van der Waals surface area contributed by atoms with Gasteiger partial charge in [-0.3, -0.25) is 9.69 Å². The summed E-state index contributed by atoms with van der Waals surface area (Å²) in [5.41, 5.74) is 5.48. The van der Waals surface area contributed by atoms with Crippen LogP contribution in [0.5, 0.6) is 0 Å². The number of carbonyl (C=O) groups is 1. The number of nitrogens with two attached hydrogens (primary N) is 1. The maximum Gasteiger partial charge on any atom is 0.257 e. The molecule has 0 bridgehead atoms. The number of aliphatic imine (C=N–C) groups is 1. The molecule has 0 saturated heterocycles. The number of nitrogens with zero attached hydrogens (tertiary/aromatic N) is 2. The fourth-order valence-electron chi connectivity index (χ4n) is 5.30. The third-order valence-corrected chi connectivity index (χ3v) is 6.74. The van der Waals surface area contributed by atoms with Crippen molar-refractivity contribution in [3.63, 3.8) is 0 Å². The molecule has 2 fully saturated rings. The molecular formula is C20H35N3O. The SMILES string of the molecule is C[C@@H]1CCC[C@H](C[C@@]2(CCC3CCCCC3)N=C(N)N(C)C2=O)C1. The predicted octanol–water partition coefficient (Wildman–Crippen LogP) is 4.09. The minimum atomic E-state index is -0.558. The summed E-state index contributed by atoms with van der Waals surface area (Å²) in [6.45, 7) is 2.35. The summed E-state index contributed by atoms with van der Waals surface area (Å²) in [5, 5.41) is 0. The number of amides is 1. The van der Waals surface area contributed by atoms with Crippen LogP contribution in [0, 0.1) is 17.8 Å². The minimum Gasteiger partial charge on any atom is -0.369 e. The highest BCUT2D eigenvalue weighted by Crippen LogP contribution is 2.41. The number of guanidine groups is 1. The van der Waals surface area contributed by atoms with E-state index in [9.17, 15) is 4.79 Å². The van der Waals surface area contributed by atoms with Gasteiger partial charge in [0.2, 0.25) is 0 Å². The molecule has 3 aliphatic rings. The van der Waals surface area contributed by atoms with Gasteiger partial charge in [-0.2, -0.15) is 0 Å². The highest BCUT2D eigenvalue weighted by Gasteiger charge is 2.47. The molecule has 0 aromatic carbocycles. The first-order valence-electron chi connectivity index (χ1n) is 10.1. The summed E-state index contributed by atoms with van der Waals surface area (Å²) in [5.74, 6) is 2.78. The lowest BCUT2D eigenvalue weighted by molar-refractivity contribution is -0.131. The summed E-state index contributed by atoms with van der Waals surface area (Å²) in [4.78, 5) is 19.3. The predicted molar refractivity (Wildman–Crippen MR) is 98.7 cm³/mol. The lowest BCUT2D eigenvalue weighted by atomic mass is 9.73. The van der Waals surface area contributed by atoms with Gasteiger partial charge >= 0.3 is 0 Å². The molecule has 4 heteroatoms. The Morgan fingerprint density at radius 2 is 1.83 bits per heavy atom. The van der Waals surface area contributed by atoms with Crippen molar-refractivity contribution in [2.24, 2.45) is 28.5 Å². The van der Waals surface area contributed by atoms with E-state index in [4.69, 9.17) is 10.7 Å². The van der Waals surface area contributed by atoms with Gasteiger partial charge in [0.1, 0.15) is 5.54 Å². The Hall–Kier alpha value is -1.06.